The van der Waals surface area contributed by atoms with Crippen LogP contribution in [0.5, 0.6) is 0 Å². The highest BCUT2D eigenvalue weighted by Gasteiger charge is 2.36. The van der Waals surface area contributed by atoms with Gasteiger partial charge in [0, 0.05) is 52.0 Å². The van der Waals surface area contributed by atoms with E-state index in [0.29, 0.717) is 80.3 Å². The molecule has 5 aromatic rings. The molecule has 20 heteroatoms. The van der Waals surface area contributed by atoms with E-state index in [2.05, 4.69) is 48.6 Å². The number of hydrogen-bond acceptors (Lipinski definition) is 12. The number of nitrogens with one attached hydrogen (secondary N) is 2. The van der Waals surface area contributed by atoms with E-state index >= 15 is 0 Å². The van der Waals surface area contributed by atoms with Crippen LogP contribution in [0.4, 0.5) is 20.3 Å². The maximum atomic E-state index is 14.3. The fourth-order valence-corrected chi connectivity index (χ4v) is 9.58. The van der Waals surface area contributed by atoms with E-state index in [4.69, 9.17) is 9.47 Å². The van der Waals surface area contributed by atoms with Crippen LogP contribution >= 0.6 is 0 Å². The number of amides is 3. The first-order valence-electron chi connectivity index (χ1n) is 21.7. The number of aryl methyl sites for hydroxylation is 1. The molecule has 18 nitrogen and oxygen atoms in total. The number of rotatable bonds is 10. The zero-order valence-electron chi connectivity index (χ0n) is 35.3. The average molecular weight is 879 g/mol. The van der Waals surface area contributed by atoms with Crippen LogP contribution in [-0.4, -0.2) is 114 Å². The molecule has 1 aromatic carbocycles. The summed E-state index contributed by atoms with van der Waals surface area (Å²) in [4.78, 5) is 60.0. The molecule has 9 rings (SSSR count). The number of likely N-dealkylation sites (tertiary alicyclic amines) is 1. The summed E-state index contributed by atoms with van der Waals surface area (Å²) in [6.07, 6.45) is 6.18. The van der Waals surface area contributed by atoms with Crippen LogP contribution in [0.1, 0.15) is 91.5 Å². The molecule has 3 aliphatic heterocycles. The number of para-hydroxylation sites is 1. The first-order chi connectivity index (χ1) is 31.1. The van der Waals surface area contributed by atoms with Gasteiger partial charge in [-0.2, -0.15) is 15.5 Å². The Bertz CT molecular complexity index is 2740. The molecule has 1 aliphatic carbocycles. The van der Waals surface area contributed by atoms with Crippen molar-refractivity contribution < 1.29 is 32.6 Å². The number of fused-ring (bicyclic) bond motifs is 2. The van der Waals surface area contributed by atoms with E-state index in [1.54, 1.807) is 25.4 Å². The number of benzene rings is 1. The molecule has 64 heavy (non-hydrogen) atoms. The number of nitriles is 1. The van der Waals surface area contributed by atoms with Crippen molar-refractivity contribution in [2.24, 2.45) is 13.0 Å². The van der Waals surface area contributed by atoms with Crippen molar-refractivity contribution in [1.82, 2.24) is 43.7 Å². The second-order valence-electron chi connectivity index (χ2n) is 16.7. The van der Waals surface area contributed by atoms with Crippen LogP contribution in [0, 0.1) is 29.1 Å². The van der Waals surface area contributed by atoms with Gasteiger partial charge < -0.3 is 19.7 Å². The summed E-state index contributed by atoms with van der Waals surface area (Å²) in [5.41, 5.74) is 1.31. The Kier molecular flexibility index (Phi) is 12.3. The predicted octanol–water partition coefficient (Wildman–Crippen LogP) is 3.74. The Labute approximate surface area is 366 Å². The van der Waals surface area contributed by atoms with Crippen LogP contribution in [0.15, 0.2) is 47.7 Å². The molecule has 2 unspecified atom stereocenters. The molecule has 3 amide bonds. The number of hydrogen-bond donors (Lipinski definition) is 2. The molecule has 0 spiro atoms. The van der Waals surface area contributed by atoms with Crippen molar-refractivity contribution in [2.75, 3.05) is 56.2 Å². The third-order valence-electron chi connectivity index (χ3n) is 13.0. The summed E-state index contributed by atoms with van der Waals surface area (Å²) < 4.78 is 46.1. The number of carbonyl (C=O) groups is 3. The van der Waals surface area contributed by atoms with Gasteiger partial charge in [0.1, 0.15) is 30.1 Å². The lowest BCUT2D eigenvalue weighted by Crippen LogP contribution is -2.46. The molecule has 4 aromatic heterocycles. The Morgan fingerprint density at radius 2 is 1.83 bits per heavy atom. The molecule has 1 saturated carbocycles. The van der Waals surface area contributed by atoms with Gasteiger partial charge in [0.15, 0.2) is 11.3 Å². The highest BCUT2D eigenvalue weighted by atomic mass is 19.3. The second-order valence-corrected chi connectivity index (χ2v) is 16.7. The standard InChI is InChI=1S/C44H48F2N12O6/c1-53-39-28(4-2-6-33(39)58(44(53)62)34-11-12-37(59)51-43(34)61)5-3-21-64-30-13-16-54(17-14-30)35(24-47)27-7-9-29(10-8-27)57-26-32(38(52-57)40(45)46)49-42(60)31-25-48-56-18-15-36(50-41(31)56)55-19-22-63-23-20-55/h2,4,6,15,18,25-27,29-30,34-35,40H,7-14,16-17,19-23H2,1H3,(H,49,60)(H,51,59,61)/t27-,29-,34?,35?. The number of carbonyl (C=O) groups excluding carboxylic acids is 3. The van der Waals surface area contributed by atoms with Gasteiger partial charge in [0.05, 0.1) is 59.9 Å². The van der Waals surface area contributed by atoms with Crippen molar-refractivity contribution in [2.45, 2.75) is 82.0 Å². The van der Waals surface area contributed by atoms with Crippen LogP contribution in [0.3, 0.4) is 0 Å². The maximum Gasteiger partial charge on any atom is 0.329 e. The van der Waals surface area contributed by atoms with Crippen LogP contribution in [0.25, 0.3) is 16.7 Å². The number of anilines is 2. The lowest BCUT2D eigenvalue weighted by atomic mass is 9.81. The molecule has 2 atom stereocenters. The summed E-state index contributed by atoms with van der Waals surface area (Å²) in [6, 6.07) is 8.47. The van der Waals surface area contributed by atoms with Crippen LogP contribution in [0.2, 0.25) is 0 Å². The average Bonchev–Trinajstić information content (AvgIpc) is 4.00. The van der Waals surface area contributed by atoms with E-state index in [1.165, 1.54) is 30.7 Å². The van der Waals surface area contributed by atoms with Crippen molar-refractivity contribution >= 4 is 45.9 Å². The van der Waals surface area contributed by atoms with E-state index < -0.39 is 30.0 Å². The number of aromatic nitrogens is 7. The van der Waals surface area contributed by atoms with Gasteiger partial charge in [-0.05, 0) is 69.1 Å². The smallest absolute Gasteiger partial charge is 0.329 e. The number of imidazole rings is 1. The topological polar surface area (TPSA) is 199 Å². The number of halogens is 2. The summed E-state index contributed by atoms with van der Waals surface area (Å²) in [6.45, 7) is 3.99. The third kappa shape index (κ3) is 8.48. The van der Waals surface area contributed by atoms with Gasteiger partial charge in [-0.3, -0.25) is 38.4 Å². The Morgan fingerprint density at radius 1 is 1.05 bits per heavy atom. The maximum absolute atomic E-state index is 14.3. The van der Waals surface area contributed by atoms with E-state index in [0.717, 1.165) is 25.7 Å². The largest absolute Gasteiger partial charge is 0.378 e. The first-order valence-corrected chi connectivity index (χ1v) is 21.7. The number of morpholine rings is 1. The SMILES string of the molecule is Cn1c(=O)n(C2CCC(=O)NC2=O)c2cccc(C#CCOC3CCN(C(C#N)[C@H]4CC[C@H](n5cc(NC(=O)c6cnn7ccc(N8CCOCC8)nc67)c(C(F)F)n5)CC4)CC3)c21. The van der Waals surface area contributed by atoms with Crippen LogP contribution in [-0.2, 0) is 26.1 Å². The molecular formula is C44H48F2N12O6. The van der Waals surface area contributed by atoms with Gasteiger partial charge in [0.25, 0.3) is 12.3 Å². The Hall–Kier alpha value is -6.48. The number of alkyl halides is 2. The lowest BCUT2D eigenvalue weighted by molar-refractivity contribution is -0.135. The van der Waals surface area contributed by atoms with Gasteiger partial charge in [-0.25, -0.2) is 23.1 Å². The second kappa shape index (κ2) is 18.3. The summed E-state index contributed by atoms with van der Waals surface area (Å²) in [5, 5.41) is 23.8. The number of piperidine rings is 2. The quantitative estimate of drug-likeness (QED) is 0.153. The lowest BCUT2D eigenvalue weighted by Gasteiger charge is -2.39. The zero-order valence-corrected chi connectivity index (χ0v) is 35.3. The molecule has 3 saturated heterocycles. The Morgan fingerprint density at radius 3 is 2.56 bits per heavy atom. The minimum absolute atomic E-state index is 0.0374. The molecule has 0 bridgehead atoms. The van der Waals surface area contributed by atoms with Crippen molar-refractivity contribution in [3.05, 3.63) is 70.2 Å². The predicted molar refractivity (Wildman–Crippen MR) is 228 cm³/mol. The molecule has 7 heterocycles. The highest BCUT2D eigenvalue weighted by molar-refractivity contribution is 6.08. The molecular weight excluding hydrogens is 831 g/mol. The molecule has 4 aliphatic rings. The number of imide groups is 1. The van der Waals surface area contributed by atoms with Gasteiger partial charge in [-0.1, -0.05) is 17.9 Å². The van der Waals surface area contributed by atoms with Crippen molar-refractivity contribution in [1.29, 1.82) is 5.26 Å². The van der Waals surface area contributed by atoms with Crippen LogP contribution < -0.4 is 21.2 Å². The summed E-state index contributed by atoms with van der Waals surface area (Å²) in [7, 11) is 1.64. The fourth-order valence-electron chi connectivity index (χ4n) is 9.58. The van der Waals surface area contributed by atoms with Gasteiger partial charge in [0.2, 0.25) is 11.8 Å². The molecule has 334 valence electrons. The molecule has 0 radical (unpaired) electrons. The van der Waals surface area contributed by atoms with Gasteiger partial charge in [-0.15, -0.1) is 0 Å². The monoisotopic (exact) mass is 878 g/mol. The minimum atomic E-state index is -2.91. The number of ether oxygens (including phenoxy) is 2. The highest BCUT2D eigenvalue weighted by Crippen LogP contribution is 2.38. The molecule has 4 fully saturated rings. The number of nitrogens with zero attached hydrogens (tertiary/aromatic N) is 10. The van der Waals surface area contributed by atoms with E-state index in [1.807, 2.05) is 17.0 Å². The normalized spacial score (nSPS) is 21.7. The molecule has 2 N–H and O–H groups in total. The van der Waals surface area contributed by atoms with E-state index in [-0.39, 0.29) is 66.4 Å². The van der Waals surface area contributed by atoms with Crippen molar-refractivity contribution in [3.63, 3.8) is 0 Å². The Balaban J connectivity index is 0.776. The van der Waals surface area contributed by atoms with Gasteiger partial charge >= 0.3 is 5.69 Å². The first kappa shape index (κ1) is 42.8. The van der Waals surface area contributed by atoms with E-state index in [9.17, 15) is 33.2 Å². The summed E-state index contributed by atoms with van der Waals surface area (Å²) >= 11 is 0. The van der Waals surface area contributed by atoms with Crippen molar-refractivity contribution in [3.8, 4) is 17.9 Å². The fraction of sp³-hybridized carbons (Fsp3) is 0.500. The zero-order chi connectivity index (χ0) is 44.5. The minimum Gasteiger partial charge on any atom is -0.378 e. The third-order valence-corrected chi connectivity index (χ3v) is 13.0. The summed E-state index contributed by atoms with van der Waals surface area (Å²) in [5.74, 6) is 5.53.